The summed E-state index contributed by atoms with van der Waals surface area (Å²) < 4.78 is 38.2. The van der Waals surface area contributed by atoms with Gasteiger partial charge in [-0.1, -0.05) is 0 Å². The smallest absolute Gasteiger partial charge is 0.368 e. The molecule has 0 aliphatic carbocycles. The van der Waals surface area contributed by atoms with Gasteiger partial charge < -0.3 is 10.2 Å². The number of benzene rings is 1. The fraction of sp³-hybridized carbons (Fsp3) is 0.500. The third-order valence-corrected chi connectivity index (χ3v) is 3.62. The predicted octanol–water partition coefficient (Wildman–Crippen LogP) is 3.27. The van der Waals surface area contributed by atoms with E-state index in [2.05, 4.69) is 33.1 Å². The molecule has 1 aromatic carbocycles. The molecule has 1 heterocycles. The van der Waals surface area contributed by atoms with E-state index in [1.54, 1.807) is 0 Å². The summed E-state index contributed by atoms with van der Waals surface area (Å²) in [6.45, 7) is 4.50. The first kappa shape index (κ1) is 13.7. The molecule has 1 aromatic rings. The molecule has 18 heavy (non-hydrogen) atoms. The molecule has 0 radical (unpaired) electrons. The molecular formula is C12H14BrF3N2. The Morgan fingerprint density at radius 3 is 2.67 bits per heavy atom. The van der Waals surface area contributed by atoms with Crippen molar-refractivity contribution in [2.75, 3.05) is 24.5 Å². The molecule has 0 spiro atoms. The van der Waals surface area contributed by atoms with Crippen molar-refractivity contribution in [1.82, 2.24) is 5.32 Å². The van der Waals surface area contributed by atoms with Crippen molar-refractivity contribution in [3.8, 4) is 0 Å². The van der Waals surface area contributed by atoms with Crippen molar-refractivity contribution in [3.05, 3.63) is 28.2 Å². The molecule has 0 bridgehead atoms. The number of nitrogens with zero attached hydrogens (tertiary/aromatic N) is 1. The number of hydrogen-bond donors (Lipinski definition) is 1. The van der Waals surface area contributed by atoms with Crippen LogP contribution in [-0.2, 0) is 6.18 Å². The van der Waals surface area contributed by atoms with Gasteiger partial charge in [0.2, 0.25) is 0 Å². The van der Waals surface area contributed by atoms with E-state index in [0.717, 1.165) is 37.5 Å². The number of anilines is 1. The highest BCUT2D eigenvalue weighted by Gasteiger charge is 2.31. The summed E-state index contributed by atoms with van der Waals surface area (Å²) in [6, 6.07) is 4.15. The minimum Gasteiger partial charge on any atom is -0.368 e. The fourth-order valence-corrected chi connectivity index (χ4v) is 2.72. The van der Waals surface area contributed by atoms with Crippen LogP contribution in [-0.4, -0.2) is 25.7 Å². The number of halogens is 4. The lowest BCUT2D eigenvalue weighted by atomic mass is 10.1. The second-order valence-electron chi connectivity index (χ2n) is 4.47. The van der Waals surface area contributed by atoms with Gasteiger partial charge in [0.05, 0.1) is 11.3 Å². The van der Waals surface area contributed by atoms with E-state index >= 15 is 0 Å². The fourth-order valence-electron chi connectivity index (χ4n) is 2.09. The van der Waals surface area contributed by atoms with Gasteiger partial charge >= 0.3 is 6.18 Å². The zero-order valence-corrected chi connectivity index (χ0v) is 11.5. The van der Waals surface area contributed by atoms with Crippen LogP contribution in [0.25, 0.3) is 0 Å². The average molecular weight is 323 g/mol. The largest absolute Gasteiger partial charge is 0.416 e. The molecule has 1 N–H and O–H groups in total. The van der Waals surface area contributed by atoms with Gasteiger partial charge in [0.1, 0.15) is 0 Å². The van der Waals surface area contributed by atoms with Crippen LogP contribution in [0.2, 0.25) is 0 Å². The van der Waals surface area contributed by atoms with Crippen molar-refractivity contribution in [3.63, 3.8) is 0 Å². The second kappa shape index (κ2) is 5.09. The number of alkyl halides is 3. The number of nitrogens with one attached hydrogen (secondary N) is 1. The summed E-state index contributed by atoms with van der Waals surface area (Å²) in [5.41, 5.74) is 0.192. The van der Waals surface area contributed by atoms with Crippen LogP contribution in [0.4, 0.5) is 18.9 Å². The molecule has 2 rings (SSSR count). The topological polar surface area (TPSA) is 15.3 Å². The maximum absolute atomic E-state index is 12.6. The minimum absolute atomic E-state index is 0.341. The Morgan fingerprint density at radius 2 is 2.11 bits per heavy atom. The highest BCUT2D eigenvalue weighted by Crippen LogP contribution is 2.35. The zero-order valence-electron chi connectivity index (χ0n) is 9.89. The van der Waals surface area contributed by atoms with Crippen LogP contribution in [0.1, 0.15) is 12.5 Å². The lowest BCUT2D eigenvalue weighted by molar-refractivity contribution is -0.137. The van der Waals surface area contributed by atoms with Crippen LogP contribution in [0.5, 0.6) is 0 Å². The Balaban J connectivity index is 2.24. The van der Waals surface area contributed by atoms with Gasteiger partial charge in [-0.3, -0.25) is 0 Å². The molecule has 0 unspecified atom stereocenters. The van der Waals surface area contributed by atoms with E-state index in [1.165, 1.54) is 6.07 Å². The highest BCUT2D eigenvalue weighted by molar-refractivity contribution is 9.10. The maximum Gasteiger partial charge on any atom is 0.416 e. The van der Waals surface area contributed by atoms with Gasteiger partial charge in [0.25, 0.3) is 0 Å². The molecule has 0 aromatic heterocycles. The van der Waals surface area contributed by atoms with Gasteiger partial charge in [-0.05, 0) is 41.1 Å². The SMILES string of the molecule is C[C@@H]1CN(c2ccc(C(F)(F)F)cc2Br)CCN1. The lowest BCUT2D eigenvalue weighted by Gasteiger charge is -2.34. The molecule has 2 nitrogen and oxygen atoms in total. The quantitative estimate of drug-likeness (QED) is 0.853. The van der Waals surface area contributed by atoms with Gasteiger partial charge in [-0.25, -0.2) is 0 Å². The Labute approximate surface area is 112 Å². The zero-order chi connectivity index (χ0) is 13.3. The van der Waals surface area contributed by atoms with Crippen molar-refractivity contribution < 1.29 is 13.2 Å². The van der Waals surface area contributed by atoms with Crippen molar-refractivity contribution in [1.29, 1.82) is 0 Å². The standard InChI is InChI=1S/C12H14BrF3N2/c1-8-7-18(5-4-17-8)11-3-2-9(6-10(11)13)12(14,15)16/h2-3,6,8,17H,4-5,7H2,1H3/t8-/m1/s1. The molecule has 1 atom stereocenters. The van der Waals surface area contributed by atoms with Gasteiger partial charge in [-0.2, -0.15) is 13.2 Å². The summed E-state index contributed by atoms with van der Waals surface area (Å²) in [6.07, 6.45) is -4.29. The molecule has 0 amide bonds. The first-order valence-electron chi connectivity index (χ1n) is 5.73. The average Bonchev–Trinajstić information content (AvgIpc) is 2.27. The van der Waals surface area contributed by atoms with Crippen LogP contribution in [0, 0.1) is 0 Å². The second-order valence-corrected chi connectivity index (χ2v) is 5.32. The van der Waals surface area contributed by atoms with Crippen LogP contribution >= 0.6 is 15.9 Å². The van der Waals surface area contributed by atoms with Crippen LogP contribution < -0.4 is 10.2 Å². The first-order chi connectivity index (χ1) is 8.38. The minimum atomic E-state index is -4.29. The third kappa shape index (κ3) is 2.98. The summed E-state index contributed by atoms with van der Waals surface area (Å²) in [5.74, 6) is 0. The summed E-state index contributed by atoms with van der Waals surface area (Å²) in [7, 11) is 0. The third-order valence-electron chi connectivity index (χ3n) is 2.98. The lowest BCUT2D eigenvalue weighted by Crippen LogP contribution is -2.49. The molecule has 0 saturated carbocycles. The van der Waals surface area contributed by atoms with Crippen LogP contribution in [0.3, 0.4) is 0 Å². The van der Waals surface area contributed by atoms with E-state index in [0.29, 0.717) is 10.5 Å². The normalized spacial score (nSPS) is 21.2. The van der Waals surface area contributed by atoms with E-state index in [9.17, 15) is 13.2 Å². The summed E-state index contributed by atoms with van der Waals surface area (Å²) >= 11 is 3.23. The summed E-state index contributed by atoms with van der Waals surface area (Å²) in [5, 5.41) is 3.30. The Morgan fingerprint density at radius 1 is 1.39 bits per heavy atom. The van der Waals surface area contributed by atoms with Gasteiger partial charge in [-0.15, -0.1) is 0 Å². The highest BCUT2D eigenvalue weighted by atomic mass is 79.9. The number of hydrogen-bond acceptors (Lipinski definition) is 2. The van der Waals surface area contributed by atoms with E-state index in [1.807, 2.05) is 0 Å². The molecule has 1 aliphatic heterocycles. The predicted molar refractivity (Wildman–Crippen MR) is 68.8 cm³/mol. The molecule has 1 aliphatic rings. The van der Waals surface area contributed by atoms with Gasteiger partial charge in [0.15, 0.2) is 0 Å². The Kier molecular flexibility index (Phi) is 3.87. The van der Waals surface area contributed by atoms with Crippen LogP contribution in [0.15, 0.2) is 22.7 Å². The van der Waals surface area contributed by atoms with Crippen molar-refractivity contribution >= 4 is 21.6 Å². The maximum atomic E-state index is 12.6. The first-order valence-corrected chi connectivity index (χ1v) is 6.52. The van der Waals surface area contributed by atoms with Crippen molar-refractivity contribution in [2.45, 2.75) is 19.1 Å². The molecular weight excluding hydrogens is 309 g/mol. The van der Waals surface area contributed by atoms with E-state index in [-0.39, 0.29) is 0 Å². The monoisotopic (exact) mass is 322 g/mol. The van der Waals surface area contributed by atoms with E-state index in [4.69, 9.17) is 0 Å². The van der Waals surface area contributed by atoms with Gasteiger partial charge in [0, 0.05) is 30.1 Å². The molecule has 100 valence electrons. The molecule has 6 heteroatoms. The number of rotatable bonds is 1. The Bertz CT molecular complexity index is 434. The molecule has 1 saturated heterocycles. The number of piperazine rings is 1. The van der Waals surface area contributed by atoms with Crippen molar-refractivity contribution in [2.24, 2.45) is 0 Å². The van der Waals surface area contributed by atoms with E-state index < -0.39 is 11.7 Å². The summed E-state index contributed by atoms with van der Waals surface area (Å²) in [4.78, 5) is 2.09. The molecule has 1 fully saturated rings. The Hall–Kier alpha value is -0.750.